The van der Waals surface area contributed by atoms with E-state index in [1.54, 1.807) is 48.5 Å². The van der Waals surface area contributed by atoms with Crippen molar-refractivity contribution in [2.45, 2.75) is 542 Å². The molecular weight excluding hydrogens is 1570 g/mol. The van der Waals surface area contributed by atoms with Crippen molar-refractivity contribution in [3.05, 3.63) is 0 Å². The highest BCUT2D eigenvalue weighted by Crippen LogP contribution is 2.48. The fourth-order valence-corrected chi connectivity index (χ4v) is 9.15. The number of hydrogen-bond donors (Lipinski definition) is 0. The maximum absolute atomic E-state index is 11.9. The Balaban J connectivity index is -0.00000139. The summed E-state index contributed by atoms with van der Waals surface area (Å²) in [7, 11) is 0. The molecule has 0 N–H and O–H groups in total. The van der Waals surface area contributed by atoms with Crippen molar-refractivity contribution in [2.24, 2.45) is 11.3 Å². The third kappa shape index (κ3) is 66.5. The average Bonchev–Trinajstić information content (AvgIpc) is 0.907. The molecule has 1 unspecified atom stereocenters. The van der Waals surface area contributed by atoms with Crippen molar-refractivity contribution < 1.29 is 146 Å². The first kappa shape index (κ1) is 123. The molecule has 2 aliphatic carbocycles. The summed E-state index contributed by atoms with van der Waals surface area (Å²) in [6, 6.07) is 0. The molecule has 0 spiro atoms. The minimum absolute atomic E-state index is 0.118. The molecular formula is C91H182O30. The number of esters is 3. The molecule has 30 nitrogen and oxygen atoms in total. The Bertz CT molecular complexity index is 2630. The fourth-order valence-electron chi connectivity index (χ4n) is 9.15. The summed E-state index contributed by atoms with van der Waals surface area (Å²) in [6.07, 6.45) is 14.3. The highest BCUT2D eigenvalue weighted by Gasteiger charge is 2.50. The predicted octanol–water partition coefficient (Wildman–Crippen LogP) is 24.3. The van der Waals surface area contributed by atoms with Gasteiger partial charge in [0.1, 0.15) is 12.8 Å². The van der Waals surface area contributed by atoms with Gasteiger partial charge in [0.05, 0.1) is 93.5 Å². The molecule has 2 saturated carbocycles. The molecule has 30 heteroatoms. The molecule has 1 heterocycles. The summed E-state index contributed by atoms with van der Waals surface area (Å²) in [5.74, 6) is -7.14. The minimum Gasteiger partial charge on any atom is -0.466 e. The van der Waals surface area contributed by atoms with E-state index in [9.17, 15) is 14.4 Å². The monoisotopic (exact) mass is 1760 g/mol. The van der Waals surface area contributed by atoms with Gasteiger partial charge in [0, 0.05) is 32.1 Å². The molecule has 3 aliphatic rings. The van der Waals surface area contributed by atoms with Gasteiger partial charge in [0.25, 0.3) is 0 Å². The van der Waals surface area contributed by atoms with Crippen LogP contribution in [0.2, 0.25) is 0 Å². The van der Waals surface area contributed by atoms with E-state index in [4.69, 9.17) is 132 Å². The van der Waals surface area contributed by atoms with Crippen LogP contribution in [0.4, 0.5) is 0 Å². The first-order valence-electron chi connectivity index (χ1n) is 44.2. The molecule has 3 rings (SSSR count). The van der Waals surface area contributed by atoms with Crippen LogP contribution in [-0.2, 0) is 146 Å². The lowest BCUT2D eigenvalue weighted by Gasteiger charge is -2.46. The van der Waals surface area contributed by atoms with Gasteiger partial charge in [-0.15, -0.1) is 0 Å². The van der Waals surface area contributed by atoms with Crippen LogP contribution >= 0.6 is 0 Å². The van der Waals surface area contributed by atoms with Gasteiger partial charge < -0.3 is 14.2 Å². The van der Waals surface area contributed by atoms with Crippen LogP contribution in [0.1, 0.15) is 440 Å². The van der Waals surface area contributed by atoms with Crippen LogP contribution in [-0.4, -0.2) is 140 Å². The lowest BCUT2D eigenvalue weighted by molar-refractivity contribution is -0.551. The van der Waals surface area contributed by atoms with Gasteiger partial charge in [-0.25, -0.2) is 58.7 Å². The maximum atomic E-state index is 11.9. The molecule has 1 atom stereocenters. The highest BCUT2D eigenvalue weighted by atomic mass is 17.4. The van der Waals surface area contributed by atoms with E-state index < -0.39 is 80.3 Å². The summed E-state index contributed by atoms with van der Waals surface area (Å²) in [6.45, 7) is 87.2. The maximum Gasteiger partial charge on any atom is 0.311 e. The van der Waals surface area contributed by atoms with Gasteiger partial charge in [-0.3, -0.25) is 14.4 Å². The van der Waals surface area contributed by atoms with E-state index in [2.05, 4.69) is 20.8 Å². The van der Waals surface area contributed by atoms with Gasteiger partial charge in [-0.05, 0) is 332 Å². The Hall–Kier alpha value is -2.55. The summed E-state index contributed by atoms with van der Waals surface area (Å²) < 4.78 is 15.0. The highest BCUT2D eigenvalue weighted by molar-refractivity contribution is 5.70. The largest absolute Gasteiger partial charge is 0.466 e. The predicted molar refractivity (Wildman–Crippen MR) is 462 cm³/mol. The molecule has 0 radical (unpaired) electrons. The smallest absolute Gasteiger partial charge is 0.311 e. The number of rotatable bonds is 40. The molecule has 0 bridgehead atoms. The average molecular weight is 1760 g/mol. The van der Waals surface area contributed by atoms with E-state index in [1.807, 2.05) is 242 Å². The van der Waals surface area contributed by atoms with E-state index in [-0.39, 0.29) is 77.3 Å². The molecule has 0 amide bonds. The van der Waals surface area contributed by atoms with Gasteiger partial charge in [0.15, 0.2) is 0 Å². The standard InChI is InChI=1S/C19H38O6.C17H34O4.C14H26O6.C14H28O6.C14H28O4.C13H28O4/c1-9-12-15-21-16(20)13-14-19(8,24-22-17(4,5)10-2)25-23-18(6,7)11-3;1-13-10-16(8,9)12-17(11-13,20-18-14(2,3)4)21-19-15(5,6)7;1-7-16-11(15)10-14(6)19-17-12(2,3)8-9-13(4,5)18-20-14;1-9-16-11(15)10-14(8,19-17-12(2,3)4)20-18-13(5,6)7;1-12(2,3)15-17-14(10-8-7-9-11-14)18-16-13(4,5)6;1-9-11(3,4)14-16-13(7,8)17-15-12(5,6)10-2/h9-15H2,1-8H3;13H,10-12H2,1-9H3;7-10H2,1-6H3;9-10H2,1-8H3;7-11H2,1-6H3;9-10H2,1-8H3. The number of carbonyl (C=O) groups excluding carboxylic acids is 3. The zero-order valence-corrected chi connectivity index (χ0v) is 85.1. The van der Waals surface area contributed by atoms with Crippen molar-refractivity contribution >= 4 is 17.9 Å². The van der Waals surface area contributed by atoms with Crippen molar-refractivity contribution in [3.8, 4) is 0 Å². The quantitative estimate of drug-likeness (QED) is 0.0137. The Morgan fingerprint density at radius 3 is 1.00 bits per heavy atom. The van der Waals surface area contributed by atoms with Crippen molar-refractivity contribution in [1.29, 1.82) is 0 Å². The fraction of sp³-hybridized carbons (Fsp3) is 0.967. The Kier molecular flexibility index (Phi) is 53.6. The third-order valence-electron chi connectivity index (χ3n) is 17.2. The molecule has 726 valence electrons. The summed E-state index contributed by atoms with van der Waals surface area (Å²) >= 11 is 0. The normalized spacial score (nSPS) is 18.7. The summed E-state index contributed by atoms with van der Waals surface area (Å²) in [4.78, 5) is 166. The minimum atomic E-state index is -1.38. The van der Waals surface area contributed by atoms with Gasteiger partial charge in [-0.1, -0.05) is 68.2 Å². The first-order valence-corrected chi connectivity index (χ1v) is 44.2. The van der Waals surface area contributed by atoms with E-state index in [0.29, 0.717) is 19.1 Å². The summed E-state index contributed by atoms with van der Waals surface area (Å²) in [5, 5.41) is 0. The van der Waals surface area contributed by atoms with E-state index in [1.165, 1.54) is 6.42 Å². The molecule has 0 aromatic carbocycles. The van der Waals surface area contributed by atoms with Crippen LogP contribution in [0, 0.1) is 11.3 Å². The van der Waals surface area contributed by atoms with Crippen LogP contribution in [0.15, 0.2) is 0 Å². The molecule has 1 saturated heterocycles. The van der Waals surface area contributed by atoms with Gasteiger partial charge in [-0.2, -0.15) is 58.7 Å². The number of ether oxygens (including phenoxy) is 3. The van der Waals surface area contributed by atoms with Gasteiger partial charge >= 0.3 is 17.9 Å². The topological polar surface area (TPSA) is 300 Å². The lowest BCUT2D eigenvalue weighted by atomic mass is 9.70. The van der Waals surface area contributed by atoms with Crippen molar-refractivity contribution in [1.82, 2.24) is 0 Å². The van der Waals surface area contributed by atoms with Gasteiger partial charge in [0.2, 0.25) is 34.7 Å². The second kappa shape index (κ2) is 52.9. The zero-order chi connectivity index (χ0) is 95.2. The van der Waals surface area contributed by atoms with E-state index in [0.717, 1.165) is 96.3 Å². The molecule has 0 aromatic heterocycles. The second-order valence-corrected chi connectivity index (χ2v) is 43.2. The van der Waals surface area contributed by atoms with Crippen LogP contribution in [0.3, 0.4) is 0 Å². The Morgan fingerprint density at radius 1 is 0.347 bits per heavy atom. The van der Waals surface area contributed by atoms with Crippen molar-refractivity contribution in [2.75, 3.05) is 19.8 Å². The Labute approximate surface area is 733 Å². The van der Waals surface area contributed by atoms with E-state index >= 15 is 0 Å². The van der Waals surface area contributed by atoms with Crippen LogP contribution in [0.5, 0.6) is 0 Å². The second-order valence-electron chi connectivity index (χ2n) is 43.2. The molecule has 3 fully saturated rings. The van der Waals surface area contributed by atoms with Crippen LogP contribution in [0.25, 0.3) is 0 Å². The number of unbranched alkanes of at least 4 members (excludes halogenated alkanes) is 1. The SMILES string of the molecule is CC(C)(C)OOC1(OOC(C)(C)C)CCCCC1.CC1CC(C)(C)CC(OOC(C)(C)C)(OOC(C)(C)C)C1.CCC(C)(C)OOC(C)(C)OOC(C)(C)CC.CCCCOC(=O)CCC(C)(OOC(C)(C)CC)OOC(C)(C)CC.CCOC(=O)CC(C)(OOC(C)(C)C)OOC(C)(C)C.CCOC(=O)CC1(C)OOC(C)(C)CCC(C)(C)OO1. The first-order chi connectivity index (χ1) is 54.3. The number of hydrogen-bond acceptors (Lipinski definition) is 30. The Morgan fingerprint density at radius 2 is 0.678 bits per heavy atom. The molecule has 121 heavy (non-hydrogen) atoms. The van der Waals surface area contributed by atoms with Crippen LogP contribution < -0.4 is 0 Å². The molecule has 1 aliphatic heterocycles. The molecule has 0 aromatic rings. The lowest BCUT2D eigenvalue weighted by Crippen LogP contribution is -2.48. The zero-order valence-electron chi connectivity index (χ0n) is 85.1. The van der Waals surface area contributed by atoms with Crippen molar-refractivity contribution in [3.63, 3.8) is 0 Å². The summed E-state index contributed by atoms with van der Waals surface area (Å²) in [5.41, 5.74) is -5.02. The number of carbonyl (C=O) groups is 3. The third-order valence-corrected chi connectivity index (χ3v) is 17.2.